The van der Waals surface area contributed by atoms with Crippen molar-refractivity contribution < 1.29 is 23.9 Å². The van der Waals surface area contributed by atoms with Gasteiger partial charge < -0.3 is 15.1 Å². The van der Waals surface area contributed by atoms with Gasteiger partial charge in [-0.25, -0.2) is 5.21 Å². The molecule has 0 rings (SSSR count). The predicted molar refractivity (Wildman–Crippen MR) is 151 cm³/mol. The molecule has 0 saturated heterocycles. The van der Waals surface area contributed by atoms with Crippen LogP contribution in [-0.2, 0) is 9.59 Å². The van der Waals surface area contributed by atoms with Crippen LogP contribution in [0.2, 0.25) is 0 Å². The molecule has 3 N–H and O–H groups in total. The van der Waals surface area contributed by atoms with Gasteiger partial charge in [-0.3, -0.25) is 9.59 Å². The fraction of sp³-hybridized carbons (Fsp3) is 0.862. The molecular formula is C29H60N4O3+2. The zero-order chi connectivity index (χ0) is 27.1. The van der Waals surface area contributed by atoms with Crippen molar-refractivity contribution in [2.45, 2.75) is 103 Å². The van der Waals surface area contributed by atoms with Gasteiger partial charge in [0.05, 0.1) is 41.8 Å². The number of carbonyl (C=O) groups is 2. The number of allylic oxidation sites excluding steroid dienone is 2. The second-order valence-electron chi connectivity index (χ2n) is 11.8. The number of nitrogens with zero attached hydrogens (tertiary/aromatic N) is 2. The largest absolute Gasteiger partial charge is 0.356 e. The smallest absolute Gasteiger partial charge is 0.219 e. The van der Waals surface area contributed by atoms with E-state index in [2.05, 4.69) is 43.9 Å². The molecule has 7 heteroatoms. The molecule has 0 unspecified atom stereocenters. The lowest BCUT2D eigenvalue weighted by atomic mass is 10.1. The second kappa shape index (κ2) is 21.6. The summed E-state index contributed by atoms with van der Waals surface area (Å²) in [6.45, 7) is 3.17. The van der Waals surface area contributed by atoms with Crippen LogP contribution in [0, 0.1) is 0 Å². The normalized spacial score (nSPS) is 12.3. The van der Waals surface area contributed by atoms with Gasteiger partial charge in [-0.2, -0.15) is 4.65 Å². The monoisotopic (exact) mass is 512 g/mol. The molecule has 0 aromatic carbocycles. The number of amides is 2. The summed E-state index contributed by atoms with van der Waals surface area (Å²) in [4.78, 5) is 23.6. The van der Waals surface area contributed by atoms with Crippen molar-refractivity contribution in [3.05, 3.63) is 12.2 Å². The first-order valence-corrected chi connectivity index (χ1v) is 14.5. The van der Waals surface area contributed by atoms with Crippen LogP contribution in [0.3, 0.4) is 0 Å². The molecule has 0 atom stereocenters. The molecule has 0 spiro atoms. The van der Waals surface area contributed by atoms with Crippen molar-refractivity contribution in [2.24, 2.45) is 0 Å². The third-order valence-corrected chi connectivity index (χ3v) is 6.25. The van der Waals surface area contributed by atoms with E-state index < -0.39 is 0 Å². The third kappa shape index (κ3) is 28.8. The zero-order valence-corrected chi connectivity index (χ0v) is 24.5. The topological polar surface area (TPSA) is 78.4 Å². The number of carbonyl (C=O) groups excluding carboxylic acids is 2. The van der Waals surface area contributed by atoms with Crippen molar-refractivity contribution in [3.63, 3.8) is 0 Å². The summed E-state index contributed by atoms with van der Waals surface area (Å²) in [5.74, 6) is 0.340. The van der Waals surface area contributed by atoms with Gasteiger partial charge >= 0.3 is 0 Å². The van der Waals surface area contributed by atoms with Crippen LogP contribution in [0.25, 0.3) is 0 Å². The van der Waals surface area contributed by atoms with Gasteiger partial charge in [0.1, 0.15) is 6.54 Å². The van der Waals surface area contributed by atoms with E-state index in [0.717, 1.165) is 68.9 Å². The standard InChI is InChI=1S/C29H58N4O3/c1-32(2,3)26-20-24-30-28(34)22-18-16-14-12-10-8-6-7-9-11-13-15-17-19-23-29(35)31-25-21-27-33(4,5)36/h6-7,36H,8-27H2,1-5H3/p+2. The van der Waals surface area contributed by atoms with Crippen LogP contribution in [0.5, 0.6) is 0 Å². The number of nitrogens with one attached hydrogen (secondary N) is 2. The molecule has 0 saturated carbocycles. The van der Waals surface area contributed by atoms with Crippen LogP contribution in [0.15, 0.2) is 12.2 Å². The Hall–Kier alpha value is -1.44. The minimum absolute atomic E-state index is 0.0500. The van der Waals surface area contributed by atoms with Gasteiger partial charge in [-0.1, -0.05) is 50.7 Å². The fourth-order valence-electron chi connectivity index (χ4n) is 4.04. The highest BCUT2D eigenvalue weighted by atomic mass is 16.5. The number of rotatable bonds is 24. The molecule has 0 radical (unpaired) electrons. The maximum absolute atomic E-state index is 11.8. The molecule has 212 valence electrons. The molecule has 2 amide bonds. The molecule has 0 aliphatic heterocycles. The summed E-state index contributed by atoms with van der Waals surface area (Å²) >= 11 is 0. The number of hydrogen-bond donors (Lipinski definition) is 3. The Balaban J connectivity index is 3.34. The Kier molecular flexibility index (Phi) is 20.8. The van der Waals surface area contributed by atoms with Gasteiger partial charge in [-0.15, -0.1) is 0 Å². The van der Waals surface area contributed by atoms with E-state index >= 15 is 0 Å². The zero-order valence-electron chi connectivity index (χ0n) is 24.5. The molecule has 0 bridgehead atoms. The van der Waals surface area contributed by atoms with E-state index in [0.29, 0.717) is 25.9 Å². The minimum atomic E-state index is -0.0500. The van der Waals surface area contributed by atoms with Crippen molar-refractivity contribution in [2.75, 3.05) is 61.4 Å². The maximum atomic E-state index is 11.8. The summed E-state index contributed by atoms with van der Waals surface area (Å²) in [6.07, 6.45) is 21.7. The summed E-state index contributed by atoms with van der Waals surface area (Å²) < 4.78 is 0.895. The quantitative estimate of drug-likeness (QED) is 0.0721. The highest BCUT2D eigenvalue weighted by Gasteiger charge is 2.10. The molecule has 7 nitrogen and oxygen atoms in total. The number of unbranched alkanes of at least 4 members (excludes halogenated alkanes) is 10. The number of quaternary nitrogens is 2. The first-order chi connectivity index (χ1) is 17.0. The van der Waals surface area contributed by atoms with E-state index in [4.69, 9.17) is 0 Å². The van der Waals surface area contributed by atoms with Crippen LogP contribution in [0.1, 0.15) is 103 Å². The highest BCUT2D eigenvalue weighted by Crippen LogP contribution is 2.10. The van der Waals surface area contributed by atoms with E-state index in [-0.39, 0.29) is 16.5 Å². The van der Waals surface area contributed by atoms with E-state index in [1.807, 2.05) is 0 Å². The molecule has 0 heterocycles. The summed E-state index contributed by atoms with van der Waals surface area (Å²) in [6, 6.07) is 0. The number of hydrogen-bond acceptors (Lipinski definition) is 3. The lowest BCUT2D eigenvalue weighted by molar-refractivity contribution is -1.07. The minimum Gasteiger partial charge on any atom is -0.356 e. The van der Waals surface area contributed by atoms with Gasteiger partial charge in [0.25, 0.3) is 0 Å². The Labute approximate surface area is 222 Å². The summed E-state index contributed by atoms with van der Waals surface area (Å²) in [7, 11) is 10.0. The van der Waals surface area contributed by atoms with Crippen molar-refractivity contribution in [1.29, 1.82) is 0 Å². The molecule has 0 aromatic rings. The van der Waals surface area contributed by atoms with E-state index in [1.165, 1.54) is 38.5 Å². The fourth-order valence-corrected chi connectivity index (χ4v) is 4.04. The summed E-state index contributed by atoms with van der Waals surface area (Å²) in [5.41, 5.74) is 0. The summed E-state index contributed by atoms with van der Waals surface area (Å²) in [5, 5.41) is 15.6. The SMILES string of the molecule is C[N+](C)(C)CCCNC(=O)CCCCCCCC=CCCCCCCCC(=O)NCCC[N+](C)(C)O. The first kappa shape index (κ1) is 34.6. The predicted octanol–water partition coefficient (Wildman–Crippen LogP) is 5.19. The van der Waals surface area contributed by atoms with E-state index in [9.17, 15) is 14.8 Å². The third-order valence-electron chi connectivity index (χ3n) is 6.25. The van der Waals surface area contributed by atoms with Gasteiger partial charge in [0.15, 0.2) is 0 Å². The molecule has 0 aliphatic carbocycles. The Morgan fingerprint density at radius 2 is 0.972 bits per heavy atom. The van der Waals surface area contributed by atoms with Gasteiger partial charge in [-0.05, 0) is 38.5 Å². The maximum Gasteiger partial charge on any atom is 0.219 e. The van der Waals surface area contributed by atoms with Crippen molar-refractivity contribution in [1.82, 2.24) is 10.6 Å². The first-order valence-electron chi connectivity index (χ1n) is 14.5. The molecule has 36 heavy (non-hydrogen) atoms. The molecular weight excluding hydrogens is 452 g/mol. The molecule has 0 aromatic heterocycles. The number of hydroxylamine groups is 3. The van der Waals surface area contributed by atoms with Crippen LogP contribution in [-0.4, -0.2) is 87.6 Å². The van der Waals surface area contributed by atoms with Crippen molar-refractivity contribution >= 4 is 11.8 Å². The van der Waals surface area contributed by atoms with Crippen LogP contribution < -0.4 is 10.6 Å². The Morgan fingerprint density at radius 1 is 0.583 bits per heavy atom. The highest BCUT2D eigenvalue weighted by molar-refractivity contribution is 5.76. The van der Waals surface area contributed by atoms with Crippen molar-refractivity contribution in [3.8, 4) is 0 Å². The van der Waals surface area contributed by atoms with Gasteiger partial charge in [0.2, 0.25) is 11.8 Å². The molecule has 0 fully saturated rings. The lowest BCUT2D eigenvalue weighted by Gasteiger charge is -2.23. The Bertz CT molecular complexity index is 530. The van der Waals surface area contributed by atoms with E-state index in [1.54, 1.807) is 14.1 Å². The average molecular weight is 513 g/mol. The Morgan fingerprint density at radius 3 is 1.39 bits per heavy atom. The van der Waals surface area contributed by atoms with Gasteiger partial charge in [0, 0.05) is 38.8 Å². The van der Waals surface area contributed by atoms with Crippen LogP contribution >= 0.6 is 0 Å². The lowest BCUT2D eigenvalue weighted by Crippen LogP contribution is -2.38. The average Bonchev–Trinajstić information content (AvgIpc) is 2.78. The second-order valence-corrected chi connectivity index (χ2v) is 11.8. The van der Waals surface area contributed by atoms with Crippen LogP contribution in [0.4, 0.5) is 0 Å². The molecule has 0 aliphatic rings.